The van der Waals surface area contributed by atoms with Gasteiger partial charge in [-0.1, -0.05) is 29.8 Å². The van der Waals surface area contributed by atoms with Gasteiger partial charge in [-0.05, 0) is 32.3 Å². The van der Waals surface area contributed by atoms with Crippen LogP contribution in [0.1, 0.15) is 12.0 Å². The molecule has 5 heteroatoms. The molecule has 1 aromatic rings. The molecule has 0 radical (unpaired) electrons. The second kappa shape index (κ2) is 7.19. The van der Waals surface area contributed by atoms with Crippen LogP contribution in [0.25, 0.3) is 0 Å². The summed E-state index contributed by atoms with van der Waals surface area (Å²) < 4.78 is 0. The second-order valence-electron chi connectivity index (χ2n) is 5.19. The van der Waals surface area contributed by atoms with Crippen LogP contribution in [0.3, 0.4) is 0 Å². The van der Waals surface area contributed by atoms with Crippen molar-refractivity contribution in [2.75, 3.05) is 32.1 Å². The smallest absolute Gasteiger partial charge is 0.0966 e. The molecule has 0 bridgehead atoms. The Balaban J connectivity index is 0.00000180. The Kier molecular flexibility index (Phi) is 6.48. The van der Waals surface area contributed by atoms with E-state index in [1.165, 1.54) is 0 Å². The van der Waals surface area contributed by atoms with Crippen LogP contribution in [0.5, 0.6) is 0 Å². The van der Waals surface area contributed by atoms with Gasteiger partial charge in [0.05, 0.1) is 5.60 Å². The largest absolute Gasteiger partial charge is 0.385 e. The monoisotopic (exact) mass is 321 g/mol. The molecule has 1 aliphatic rings. The van der Waals surface area contributed by atoms with E-state index < -0.39 is 5.60 Å². The highest BCUT2D eigenvalue weighted by molar-refractivity contribution is 7.99. The lowest BCUT2D eigenvalue weighted by molar-refractivity contribution is -0.0292. The average Bonchev–Trinajstić information content (AvgIpc) is 2.32. The summed E-state index contributed by atoms with van der Waals surface area (Å²) in [6.45, 7) is 0.884. The Bertz CT molecular complexity index is 416. The van der Waals surface area contributed by atoms with Gasteiger partial charge >= 0.3 is 0 Å². The van der Waals surface area contributed by atoms with Crippen molar-refractivity contribution in [2.45, 2.75) is 12.0 Å². The Labute approximate surface area is 130 Å². The molecule has 0 saturated carbocycles. The summed E-state index contributed by atoms with van der Waals surface area (Å²) in [4.78, 5) is 2.14. The Morgan fingerprint density at radius 1 is 1.42 bits per heavy atom. The summed E-state index contributed by atoms with van der Waals surface area (Å²) in [5.41, 5.74) is 0.104. The van der Waals surface area contributed by atoms with Crippen molar-refractivity contribution in [3.8, 4) is 0 Å². The molecule has 1 saturated heterocycles. The second-order valence-corrected chi connectivity index (χ2v) is 6.75. The van der Waals surface area contributed by atoms with Crippen LogP contribution in [0.2, 0.25) is 5.02 Å². The van der Waals surface area contributed by atoms with Crippen molar-refractivity contribution in [1.29, 1.82) is 0 Å². The molecule has 1 heterocycles. The highest BCUT2D eigenvalue weighted by atomic mass is 35.5. The van der Waals surface area contributed by atoms with Crippen LogP contribution in [0, 0.1) is 5.92 Å². The molecule has 0 unspecified atom stereocenters. The van der Waals surface area contributed by atoms with Crippen molar-refractivity contribution in [3.63, 3.8) is 0 Å². The Morgan fingerprint density at radius 2 is 2.11 bits per heavy atom. The van der Waals surface area contributed by atoms with E-state index in [-0.39, 0.29) is 18.3 Å². The first-order valence-corrected chi connectivity index (χ1v) is 7.77. The highest BCUT2D eigenvalue weighted by Crippen LogP contribution is 2.43. The average molecular weight is 322 g/mol. The molecule has 0 spiro atoms. The van der Waals surface area contributed by atoms with Gasteiger partial charge in [0.1, 0.15) is 0 Å². The molecule has 108 valence electrons. The highest BCUT2D eigenvalue weighted by Gasteiger charge is 2.41. The third-order valence-corrected chi connectivity index (χ3v) is 5.01. The predicted molar refractivity (Wildman–Crippen MR) is 86.6 cm³/mol. The van der Waals surface area contributed by atoms with Crippen LogP contribution < -0.4 is 0 Å². The quantitative estimate of drug-likeness (QED) is 0.924. The molecular formula is C14H21Cl2NOS. The number of benzene rings is 1. The minimum absolute atomic E-state index is 0. The minimum Gasteiger partial charge on any atom is -0.385 e. The van der Waals surface area contributed by atoms with Gasteiger partial charge in [0.25, 0.3) is 0 Å². The molecule has 0 aliphatic carbocycles. The molecule has 1 fully saturated rings. The van der Waals surface area contributed by atoms with Gasteiger partial charge in [0, 0.05) is 28.8 Å². The van der Waals surface area contributed by atoms with E-state index in [0.29, 0.717) is 5.02 Å². The fraction of sp³-hybridized carbons (Fsp3) is 0.571. The number of thioether (sulfide) groups is 1. The first-order chi connectivity index (χ1) is 8.54. The van der Waals surface area contributed by atoms with Crippen LogP contribution in [0.15, 0.2) is 24.3 Å². The lowest BCUT2D eigenvalue weighted by Gasteiger charge is -2.41. The van der Waals surface area contributed by atoms with Crippen molar-refractivity contribution in [3.05, 3.63) is 34.9 Å². The standard InChI is InChI=1S/C14H20ClNOS.ClH/c1-16(2)9-11-10-18-8-7-14(11,17)12-5-3-4-6-13(12)15;/h3-6,11,17H,7-10H2,1-2H3;1H/t11-,14-;/m0./s1. The summed E-state index contributed by atoms with van der Waals surface area (Å²) in [5, 5.41) is 11.8. The van der Waals surface area contributed by atoms with Gasteiger partial charge in [-0.2, -0.15) is 11.8 Å². The fourth-order valence-electron chi connectivity index (χ4n) is 2.61. The molecule has 2 rings (SSSR count). The van der Waals surface area contributed by atoms with E-state index in [0.717, 1.165) is 30.0 Å². The maximum Gasteiger partial charge on any atom is 0.0966 e. The summed E-state index contributed by atoms with van der Waals surface area (Å²) in [6, 6.07) is 7.69. The number of hydrogen-bond acceptors (Lipinski definition) is 3. The Morgan fingerprint density at radius 3 is 2.74 bits per heavy atom. The van der Waals surface area contributed by atoms with Gasteiger partial charge in [-0.3, -0.25) is 0 Å². The summed E-state index contributed by atoms with van der Waals surface area (Å²) in [6.07, 6.45) is 0.778. The van der Waals surface area contributed by atoms with Gasteiger partial charge in [0.2, 0.25) is 0 Å². The van der Waals surface area contributed by atoms with Gasteiger partial charge in [-0.25, -0.2) is 0 Å². The van der Waals surface area contributed by atoms with E-state index >= 15 is 0 Å². The summed E-state index contributed by atoms with van der Waals surface area (Å²) in [5.74, 6) is 2.21. The lowest BCUT2D eigenvalue weighted by Crippen LogP contribution is -2.45. The van der Waals surface area contributed by atoms with Crippen LogP contribution in [0.4, 0.5) is 0 Å². The molecule has 2 atom stereocenters. The van der Waals surface area contributed by atoms with Crippen LogP contribution >= 0.6 is 35.8 Å². The van der Waals surface area contributed by atoms with Gasteiger partial charge in [-0.15, -0.1) is 12.4 Å². The maximum atomic E-state index is 11.1. The lowest BCUT2D eigenvalue weighted by atomic mass is 9.79. The number of nitrogens with zero attached hydrogens (tertiary/aromatic N) is 1. The number of halogens is 2. The van der Waals surface area contributed by atoms with Gasteiger partial charge < -0.3 is 10.0 Å². The molecular weight excluding hydrogens is 301 g/mol. The third kappa shape index (κ3) is 3.79. The van der Waals surface area contributed by atoms with Crippen LogP contribution in [-0.4, -0.2) is 42.2 Å². The molecule has 0 amide bonds. The summed E-state index contributed by atoms with van der Waals surface area (Å²) >= 11 is 8.19. The molecule has 1 aliphatic heterocycles. The van der Waals surface area contributed by atoms with Crippen molar-refractivity contribution >= 4 is 35.8 Å². The number of aliphatic hydroxyl groups is 1. The molecule has 19 heavy (non-hydrogen) atoms. The van der Waals surface area contributed by atoms with Gasteiger partial charge in [0.15, 0.2) is 0 Å². The molecule has 1 aromatic carbocycles. The fourth-order valence-corrected chi connectivity index (χ4v) is 4.19. The summed E-state index contributed by atoms with van der Waals surface area (Å²) in [7, 11) is 4.10. The van der Waals surface area contributed by atoms with Crippen molar-refractivity contribution in [2.24, 2.45) is 5.92 Å². The van der Waals surface area contributed by atoms with Crippen molar-refractivity contribution in [1.82, 2.24) is 4.90 Å². The first-order valence-electron chi connectivity index (χ1n) is 6.24. The third-order valence-electron chi connectivity index (χ3n) is 3.55. The Hall–Kier alpha value is 0.0700. The first kappa shape index (κ1) is 17.1. The van der Waals surface area contributed by atoms with Crippen LogP contribution in [-0.2, 0) is 5.60 Å². The molecule has 1 N–H and O–H groups in total. The number of rotatable bonds is 3. The zero-order valence-electron chi connectivity index (χ0n) is 11.3. The van der Waals surface area contributed by atoms with Crippen molar-refractivity contribution < 1.29 is 5.11 Å². The molecule has 2 nitrogen and oxygen atoms in total. The van der Waals surface area contributed by atoms with E-state index in [4.69, 9.17) is 11.6 Å². The molecule has 0 aromatic heterocycles. The van der Waals surface area contributed by atoms with E-state index in [1.807, 2.05) is 50.1 Å². The zero-order chi connectivity index (χ0) is 13.2. The van der Waals surface area contributed by atoms with E-state index in [9.17, 15) is 5.11 Å². The number of hydrogen-bond donors (Lipinski definition) is 1. The zero-order valence-corrected chi connectivity index (χ0v) is 13.7. The minimum atomic E-state index is -0.784. The topological polar surface area (TPSA) is 23.5 Å². The normalized spacial score (nSPS) is 27.1. The maximum absolute atomic E-state index is 11.1. The van der Waals surface area contributed by atoms with E-state index in [2.05, 4.69) is 4.90 Å². The van der Waals surface area contributed by atoms with E-state index in [1.54, 1.807) is 0 Å². The SMILES string of the molecule is CN(C)C[C@H]1CSCC[C@@]1(O)c1ccccc1Cl.Cl. The predicted octanol–water partition coefficient (Wildman–Crippen LogP) is 3.26.